The molecule has 0 spiro atoms. The minimum Gasteiger partial charge on any atom is -0.379 e. The Hall–Kier alpha value is -6.13. The smallest absolute Gasteiger partial charge is 0.263 e. The van der Waals surface area contributed by atoms with Crippen LogP contribution in [0.5, 0.6) is 0 Å². The standard InChI is InChI=1S/C48H57N9O11S/c1-30-35-29-50-48(53-43(35)56(32-6-3-4-7-32)46(63)41(30)31(2)58)51-38-12-10-33(28-49-38)54-15-17-55(18-16-54)40(60)14-19-65-20-21-66-22-23-67-24-25-68-26-27-69-37-9-5-8-34-42(37)47(64)57(45(34)62)36-11-13-39(59)52-44(36)61/h5,8-10,12,28-29,32,36H,3-4,6-7,11,13-27H2,1-2H3,(H,52,59,61)(H,49,50,51,53). The predicted molar refractivity (Wildman–Crippen MR) is 254 cm³/mol. The van der Waals surface area contributed by atoms with E-state index in [0.29, 0.717) is 118 Å². The summed E-state index contributed by atoms with van der Waals surface area (Å²) >= 11 is 1.38. The summed E-state index contributed by atoms with van der Waals surface area (Å²) < 4.78 is 24.2. The van der Waals surface area contributed by atoms with Crippen molar-refractivity contribution in [3.63, 3.8) is 0 Å². The quantitative estimate of drug-likeness (QED) is 0.0493. The van der Waals surface area contributed by atoms with Gasteiger partial charge in [0.1, 0.15) is 17.5 Å². The molecule has 4 aliphatic rings. The summed E-state index contributed by atoms with van der Waals surface area (Å²) in [6.45, 7) is 8.60. The number of carbonyl (C=O) groups is 6. The van der Waals surface area contributed by atoms with Gasteiger partial charge in [-0.25, -0.2) is 9.97 Å². The molecule has 6 heterocycles. The van der Waals surface area contributed by atoms with Gasteiger partial charge < -0.3 is 34.1 Å². The Labute approximate surface area is 402 Å². The minimum atomic E-state index is -1.01. The normalized spacial score (nSPS) is 17.5. The zero-order chi connectivity index (χ0) is 48.4. The number of Topliss-reactive ketones (excluding diaryl/α,β-unsaturated/α-hetero) is 1. The number of nitrogens with zero attached hydrogens (tertiary/aromatic N) is 7. The van der Waals surface area contributed by atoms with Gasteiger partial charge in [0.15, 0.2) is 5.78 Å². The van der Waals surface area contributed by atoms with E-state index in [9.17, 15) is 33.6 Å². The van der Waals surface area contributed by atoms with Crippen LogP contribution in [-0.2, 0) is 33.3 Å². The first-order valence-electron chi connectivity index (χ1n) is 23.5. The van der Waals surface area contributed by atoms with Crippen molar-refractivity contribution in [1.82, 2.24) is 34.6 Å². The molecule has 366 valence electrons. The van der Waals surface area contributed by atoms with Crippen LogP contribution in [0, 0.1) is 6.92 Å². The number of ether oxygens (including phenoxy) is 4. The number of thioether (sulfide) groups is 1. The summed E-state index contributed by atoms with van der Waals surface area (Å²) in [6, 6.07) is 7.82. The maximum atomic E-state index is 13.6. The molecule has 21 heteroatoms. The molecule has 8 rings (SSSR count). The number of rotatable bonds is 22. The number of aromatic nitrogens is 4. The number of anilines is 3. The predicted octanol–water partition coefficient (Wildman–Crippen LogP) is 3.85. The number of aryl methyl sites for hydroxylation is 1. The third kappa shape index (κ3) is 11.5. The van der Waals surface area contributed by atoms with Crippen LogP contribution >= 0.6 is 11.8 Å². The van der Waals surface area contributed by atoms with Crippen molar-refractivity contribution in [2.75, 3.05) is 95.0 Å². The molecule has 0 radical (unpaired) electrons. The molecule has 69 heavy (non-hydrogen) atoms. The lowest BCUT2D eigenvalue weighted by molar-refractivity contribution is -0.136. The number of pyridine rings is 2. The molecule has 3 aliphatic heterocycles. The second kappa shape index (κ2) is 23.0. The molecule has 2 saturated heterocycles. The van der Waals surface area contributed by atoms with Gasteiger partial charge in [-0.05, 0) is 62.9 Å². The zero-order valence-electron chi connectivity index (χ0n) is 38.9. The highest BCUT2D eigenvalue weighted by Crippen LogP contribution is 2.35. The summed E-state index contributed by atoms with van der Waals surface area (Å²) in [5.74, 6) is -0.965. The molecule has 3 fully saturated rings. The number of piperidine rings is 1. The number of benzene rings is 1. The fourth-order valence-corrected chi connectivity index (χ4v) is 10.1. The first kappa shape index (κ1) is 49.3. The van der Waals surface area contributed by atoms with Gasteiger partial charge in [0.05, 0.1) is 87.9 Å². The fourth-order valence-electron chi connectivity index (χ4n) is 9.18. The molecular formula is C48H57N9O11S. The molecule has 1 aliphatic carbocycles. The Bertz CT molecular complexity index is 2630. The van der Waals surface area contributed by atoms with E-state index in [0.717, 1.165) is 36.3 Å². The highest BCUT2D eigenvalue weighted by Gasteiger charge is 2.45. The van der Waals surface area contributed by atoms with E-state index in [4.69, 9.17) is 23.9 Å². The van der Waals surface area contributed by atoms with Crippen molar-refractivity contribution in [3.05, 3.63) is 75.3 Å². The molecule has 0 bridgehead atoms. The van der Waals surface area contributed by atoms with Gasteiger partial charge in [0.2, 0.25) is 23.7 Å². The number of ketones is 1. The number of amides is 5. The number of hydrogen-bond acceptors (Lipinski definition) is 17. The molecule has 1 saturated carbocycles. The van der Waals surface area contributed by atoms with E-state index in [1.165, 1.54) is 18.7 Å². The van der Waals surface area contributed by atoms with Gasteiger partial charge in [-0.2, -0.15) is 4.98 Å². The summed E-state index contributed by atoms with van der Waals surface area (Å²) in [7, 11) is 0. The fraction of sp³-hybridized carbons (Fsp3) is 0.500. The van der Waals surface area contributed by atoms with E-state index in [-0.39, 0.29) is 59.2 Å². The zero-order valence-corrected chi connectivity index (χ0v) is 39.7. The van der Waals surface area contributed by atoms with Crippen LogP contribution in [0.25, 0.3) is 11.0 Å². The SMILES string of the molecule is CC(=O)c1c(C)c2cnc(Nc3ccc(N4CCN(C(=O)CCOCCOCCOCCOCCSc5cccc6c5C(=O)N(C5CCC(=O)NC5=O)C6=O)CC4)cn3)nc2n(C2CCCC2)c1=O. The van der Waals surface area contributed by atoms with Crippen molar-refractivity contribution >= 4 is 75.6 Å². The van der Waals surface area contributed by atoms with Crippen LogP contribution in [0.4, 0.5) is 17.5 Å². The minimum absolute atomic E-state index is 0.0130. The highest BCUT2D eigenvalue weighted by atomic mass is 32.2. The summed E-state index contributed by atoms with van der Waals surface area (Å²) in [4.78, 5) is 109. The summed E-state index contributed by atoms with van der Waals surface area (Å²) in [6.07, 6.45) is 7.66. The number of fused-ring (bicyclic) bond motifs is 2. The maximum Gasteiger partial charge on any atom is 0.263 e. The van der Waals surface area contributed by atoms with Gasteiger partial charge >= 0.3 is 0 Å². The number of hydrogen-bond donors (Lipinski definition) is 2. The second-order valence-corrected chi connectivity index (χ2v) is 18.3. The maximum absolute atomic E-state index is 13.6. The van der Waals surface area contributed by atoms with Crippen LogP contribution in [0.2, 0.25) is 0 Å². The van der Waals surface area contributed by atoms with E-state index < -0.39 is 29.7 Å². The van der Waals surface area contributed by atoms with Crippen molar-refractivity contribution in [2.45, 2.75) is 75.8 Å². The first-order chi connectivity index (χ1) is 33.5. The van der Waals surface area contributed by atoms with E-state index in [1.807, 2.05) is 17.0 Å². The largest absolute Gasteiger partial charge is 0.379 e. The Morgan fingerprint density at radius 2 is 1.51 bits per heavy atom. The Morgan fingerprint density at radius 1 is 0.812 bits per heavy atom. The monoisotopic (exact) mass is 967 g/mol. The molecule has 20 nitrogen and oxygen atoms in total. The van der Waals surface area contributed by atoms with Crippen molar-refractivity contribution in [2.24, 2.45) is 0 Å². The van der Waals surface area contributed by atoms with Crippen LogP contribution in [0.3, 0.4) is 0 Å². The van der Waals surface area contributed by atoms with Crippen LogP contribution < -0.4 is 21.1 Å². The third-order valence-electron chi connectivity index (χ3n) is 12.7. The van der Waals surface area contributed by atoms with Gasteiger partial charge in [0, 0.05) is 60.9 Å². The van der Waals surface area contributed by atoms with Crippen molar-refractivity contribution in [3.8, 4) is 0 Å². The molecule has 1 aromatic carbocycles. The van der Waals surface area contributed by atoms with E-state index in [1.54, 1.807) is 42.1 Å². The molecule has 1 atom stereocenters. The van der Waals surface area contributed by atoms with Crippen molar-refractivity contribution < 1.29 is 47.7 Å². The Morgan fingerprint density at radius 3 is 2.17 bits per heavy atom. The average molecular weight is 968 g/mol. The van der Waals surface area contributed by atoms with Crippen LogP contribution in [-0.4, -0.2) is 155 Å². The van der Waals surface area contributed by atoms with Crippen LogP contribution in [0.15, 0.2) is 52.4 Å². The first-order valence-corrected chi connectivity index (χ1v) is 24.5. The lowest BCUT2D eigenvalue weighted by Gasteiger charge is -2.36. The van der Waals surface area contributed by atoms with Gasteiger partial charge in [-0.3, -0.25) is 48.3 Å². The molecule has 5 amide bonds. The lowest BCUT2D eigenvalue weighted by atomic mass is 10.0. The Balaban J connectivity index is 0.657. The highest BCUT2D eigenvalue weighted by molar-refractivity contribution is 7.99. The number of carbonyl (C=O) groups excluding carboxylic acids is 6. The number of piperazine rings is 1. The third-order valence-corrected chi connectivity index (χ3v) is 13.7. The van der Waals surface area contributed by atoms with E-state index in [2.05, 4.69) is 25.5 Å². The van der Waals surface area contributed by atoms with Gasteiger partial charge in [-0.1, -0.05) is 18.9 Å². The number of imide groups is 2. The second-order valence-electron chi connectivity index (χ2n) is 17.2. The topological polar surface area (TPSA) is 234 Å². The molecule has 1 unspecified atom stereocenters. The van der Waals surface area contributed by atoms with Crippen LogP contribution in [0.1, 0.15) is 94.5 Å². The Kier molecular flexibility index (Phi) is 16.4. The average Bonchev–Trinajstić information content (AvgIpc) is 3.96. The summed E-state index contributed by atoms with van der Waals surface area (Å²) in [5, 5.41) is 6.06. The van der Waals surface area contributed by atoms with Crippen molar-refractivity contribution in [1.29, 1.82) is 0 Å². The molecule has 4 aromatic rings. The van der Waals surface area contributed by atoms with E-state index >= 15 is 0 Å². The molecule has 3 aromatic heterocycles. The molecule has 2 N–H and O–H groups in total. The summed E-state index contributed by atoms with van der Waals surface area (Å²) in [5.41, 5.74) is 2.46. The molecular weight excluding hydrogens is 911 g/mol. The van der Waals surface area contributed by atoms with Gasteiger partial charge in [-0.15, -0.1) is 11.8 Å². The lowest BCUT2D eigenvalue weighted by Crippen LogP contribution is -2.54. The number of nitrogens with one attached hydrogen (secondary N) is 2. The van der Waals surface area contributed by atoms with Gasteiger partial charge in [0.25, 0.3) is 17.4 Å².